The average molecular weight is 223 g/mol. The molecular formula is C8H11ClO3S. The Balaban J connectivity index is 0.000000671. The highest BCUT2D eigenvalue weighted by Crippen LogP contribution is 2.24. The molecule has 1 rings (SSSR count). The summed E-state index contributed by atoms with van der Waals surface area (Å²) in [4.78, 5) is -0.262. The third kappa shape index (κ3) is 3.65. The van der Waals surface area contributed by atoms with Gasteiger partial charge >= 0.3 is 0 Å². The van der Waals surface area contributed by atoms with E-state index in [0.717, 1.165) is 0 Å². The first kappa shape index (κ1) is 12.3. The zero-order valence-electron chi connectivity index (χ0n) is 7.36. The maximum absolute atomic E-state index is 10.7. The van der Waals surface area contributed by atoms with E-state index < -0.39 is 9.05 Å². The van der Waals surface area contributed by atoms with Crippen molar-refractivity contribution in [3.63, 3.8) is 0 Å². The summed E-state index contributed by atoms with van der Waals surface area (Å²) in [6.45, 7) is 4.00. The van der Waals surface area contributed by atoms with Gasteiger partial charge in [-0.25, -0.2) is 8.42 Å². The second-order valence-electron chi connectivity index (χ2n) is 1.91. The van der Waals surface area contributed by atoms with Gasteiger partial charge in [0.25, 0.3) is 9.05 Å². The molecule has 0 atom stereocenters. The van der Waals surface area contributed by atoms with Crippen LogP contribution in [0.5, 0.6) is 5.75 Å². The Morgan fingerprint density at radius 1 is 1.23 bits per heavy atom. The number of hydrogen-bond acceptors (Lipinski definition) is 3. The van der Waals surface area contributed by atoms with Gasteiger partial charge in [0.15, 0.2) is 0 Å². The van der Waals surface area contributed by atoms with Crippen LogP contribution in [-0.2, 0) is 9.05 Å². The molecule has 0 amide bonds. The molecule has 0 aromatic heterocycles. The van der Waals surface area contributed by atoms with Gasteiger partial charge in [0.1, 0.15) is 10.6 Å². The van der Waals surface area contributed by atoms with Gasteiger partial charge in [-0.2, -0.15) is 0 Å². The number of hydrogen-bond donors (Lipinski definition) is 1. The Bertz CT molecular complexity index is 359. The number of rotatable bonds is 1. The molecule has 0 aliphatic heterocycles. The smallest absolute Gasteiger partial charge is 0.264 e. The summed E-state index contributed by atoms with van der Waals surface area (Å²) < 4.78 is 21.3. The van der Waals surface area contributed by atoms with E-state index in [1.54, 1.807) is 0 Å². The van der Waals surface area contributed by atoms with Gasteiger partial charge < -0.3 is 5.11 Å². The molecule has 0 aliphatic rings. The van der Waals surface area contributed by atoms with Crippen molar-refractivity contribution in [3.05, 3.63) is 24.3 Å². The van der Waals surface area contributed by atoms with Gasteiger partial charge in [0, 0.05) is 10.7 Å². The predicted octanol–water partition coefficient (Wildman–Crippen LogP) is 2.35. The maximum Gasteiger partial charge on any atom is 0.264 e. The van der Waals surface area contributed by atoms with E-state index in [-0.39, 0.29) is 10.6 Å². The van der Waals surface area contributed by atoms with Crippen molar-refractivity contribution in [2.75, 3.05) is 0 Å². The molecule has 0 heterocycles. The maximum atomic E-state index is 10.7. The van der Waals surface area contributed by atoms with Gasteiger partial charge in [-0.05, 0) is 12.1 Å². The first-order chi connectivity index (χ1) is 6.02. The van der Waals surface area contributed by atoms with Crippen LogP contribution < -0.4 is 0 Å². The van der Waals surface area contributed by atoms with E-state index in [2.05, 4.69) is 0 Å². The standard InChI is InChI=1S/C6H5ClO3S.C2H6/c7-11(9,10)6-4-2-1-3-5(6)8;1-2/h1-4,8H;1-2H3. The minimum absolute atomic E-state index is 0.262. The minimum Gasteiger partial charge on any atom is -0.507 e. The largest absolute Gasteiger partial charge is 0.507 e. The van der Waals surface area contributed by atoms with Crippen LogP contribution in [0.15, 0.2) is 29.2 Å². The lowest BCUT2D eigenvalue weighted by Crippen LogP contribution is -1.89. The van der Waals surface area contributed by atoms with Crippen molar-refractivity contribution in [1.82, 2.24) is 0 Å². The molecule has 1 aromatic rings. The first-order valence-corrected chi connectivity index (χ1v) is 6.05. The molecule has 0 saturated heterocycles. The molecule has 13 heavy (non-hydrogen) atoms. The van der Waals surface area contributed by atoms with E-state index in [1.165, 1.54) is 24.3 Å². The Hall–Kier alpha value is -0.740. The summed E-state index contributed by atoms with van der Waals surface area (Å²) in [5.74, 6) is -0.331. The molecule has 1 aromatic carbocycles. The van der Waals surface area contributed by atoms with Gasteiger partial charge in [0.2, 0.25) is 0 Å². The van der Waals surface area contributed by atoms with Crippen LogP contribution in [0.25, 0.3) is 0 Å². The van der Waals surface area contributed by atoms with Crippen molar-refractivity contribution in [3.8, 4) is 5.75 Å². The van der Waals surface area contributed by atoms with Crippen molar-refractivity contribution < 1.29 is 13.5 Å². The fourth-order valence-electron chi connectivity index (χ4n) is 0.663. The highest BCUT2D eigenvalue weighted by molar-refractivity contribution is 8.13. The second kappa shape index (κ2) is 5.09. The molecule has 74 valence electrons. The molecular weight excluding hydrogens is 212 g/mol. The lowest BCUT2D eigenvalue weighted by Gasteiger charge is -1.97. The van der Waals surface area contributed by atoms with Gasteiger partial charge in [-0.1, -0.05) is 26.0 Å². The average Bonchev–Trinajstić information content (AvgIpc) is 2.07. The predicted molar refractivity (Wildman–Crippen MR) is 52.5 cm³/mol. The molecule has 3 nitrogen and oxygen atoms in total. The molecule has 0 spiro atoms. The van der Waals surface area contributed by atoms with E-state index in [9.17, 15) is 8.42 Å². The van der Waals surface area contributed by atoms with Crippen LogP contribution in [0.1, 0.15) is 13.8 Å². The van der Waals surface area contributed by atoms with Crippen molar-refractivity contribution in [2.24, 2.45) is 0 Å². The minimum atomic E-state index is -3.81. The zero-order valence-corrected chi connectivity index (χ0v) is 8.93. The third-order valence-electron chi connectivity index (χ3n) is 1.13. The van der Waals surface area contributed by atoms with Crippen molar-refractivity contribution >= 4 is 19.7 Å². The van der Waals surface area contributed by atoms with Crippen LogP contribution in [0.2, 0.25) is 0 Å². The summed E-state index contributed by atoms with van der Waals surface area (Å²) in [5.41, 5.74) is 0. The number of halogens is 1. The summed E-state index contributed by atoms with van der Waals surface area (Å²) in [5, 5.41) is 8.98. The number of benzene rings is 1. The van der Waals surface area contributed by atoms with E-state index >= 15 is 0 Å². The summed E-state index contributed by atoms with van der Waals surface area (Å²) in [7, 11) is 1.16. The zero-order chi connectivity index (χ0) is 10.5. The van der Waals surface area contributed by atoms with Gasteiger partial charge in [-0.3, -0.25) is 0 Å². The molecule has 1 N–H and O–H groups in total. The van der Waals surface area contributed by atoms with Gasteiger partial charge in [-0.15, -0.1) is 0 Å². The van der Waals surface area contributed by atoms with E-state index in [0.29, 0.717) is 0 Å². The lowest BCUT2D eigenvalue weighted by molar-refractivity contribution is 0.459. The molecule has 0 bridgehead atoms. The summed E-state index contributed by atoms with van der Waals surface area (Å²) in [6, 6.07) is 5.49. The van der Waals surface area contributed by atoms with Crippen LogP contribution in [0, 0.1) is 0 Å². The van der Waals surface area contributed by atoms with Crippen molar-refractivity contribution in [1.29, 1.82) is 0 Å². The van der Waals surface area contributed by atoms with Crippen LogP contribution in [0.4, 0.5) is 0 Å². The number of para-hydroxylation sites is 1. The summed E-state index contributed by atoms with van der Waals surface area (Å²) in [6.07, 6.45) is 0. The highest BCUT2D eigenvalue weighted by Gasteiger charge is 2.13. The molecule has 0 saturated carbocycles. The number of phenolic OH excluding ortho intramolecular Hbond substituents is 1. The highest BCUT2D eigenvalue weighted by atomic mass is 35.7. The lowest BCUT2D eigenvalue weighted by atomic mass is 10.3. The fraction of sp³-hybridized carbons (Fsp3) is 0.250. The SMILES string of the molecule is CC.O=S(=O)(Cl)c1ccccc1O. The Morgan fingerprint density at radius 2 is 1.69 bits per heavy atom. The number of aromatic hydroxyl groups is 1. The monoisotopic (exact) mass is 222 g/mol. The van der Waals surface area contributed by atoms with E-state index in [1.807, 2.05) is 13.8 Å². The Kier molecular flexibility index (Phi) is 4.80. The molecule has 5 heteroatoms. The molecule has 0 unspecified atom stereocenters. The topological polar surface area (TPSA) is 54.4 Å². The number of phenols is 1. The fourth-order valence-corrected chi connectivity index (χ4v) is 1.61. The molecule has 0 radical (unpaired) electrons. The summed E-state index contributed by atoms with van der Waals surface area (Å²) >= 11 is 0. The molecule has 0 fully saturated rings. The van der Waals surface area contributed by atoms with Gasteiger partial charge in [0.05, 0.1) is 0 Å². The van der Waals surface area contributed by atoms with Crippen LogP contribution >= 0.6 is 10.7 Å². The normalized spacial score (nSPS) is 10.1. The van der Waals surface area contributed by atoms with Crippen molar-refractivity contribution in [2.45, 2.75) is 18.7 Å². The Labute approximate surface area is 82.4 Å². The quantitative estimate of drug-likeness (QED) is 0.743. The second-order valence-corrected chi connectivity index (χ2v) is 4.44. The Morgan fingerprint density at radius 3 is 2.00 bits per heavy atom. The first-order valence-electron chi connectivity index (χ1n) is 3.74. The molecule has 0 aliphatic carbocycles. The van der Waals surface area contributed by atoms with Crippen LogP contribution in [0.3, 0.4) is 0 Å². The van der Waals surface area contributed by atoms with E-state index in [4.69, 9.17) is 15.8 Å². The third-order valence-corrected chi connectivity index (χ3v) is 2.50. The van der Waals surface area contributed by atoms with Crippen LogP contribution in [-0.4, -0.2) is 13.5 Å².